The van der Waals surface area contributed by atoms with E-state index < -0.39 is 11.7 Å². The highest BCUT2D eigenvalue weighted by molar-refractivity contribution is 5.74. The predicted molar refractivity (Wildman–Crippen MR) is 70.4 cm³/mol. The van der Waals surface area contributed by atoms with Crippen molar-refractivity contribution in [2.75, 3.05) is 19.7 Å². The Morgan fingerprint density at radius 1 is 1.43 bits per heavy atom. The summed E-state index contributed by atoms with van der Waals surface area (Å²) in [6, 6.07) is 4.57. The molecule has 0 spiro atoms. The smallest absolute Gasteiger partial charge is 0.396 e. The monoisotopic (exact) mass is 302 g/mol. The van der Waals surface area contributed by atoms with E-state index in [4.69, 9.17) is 5.11 Å². The number of carbonyl (C=O) groups is 1. The van der Waals surface area contributed by atoms with Gasteiger partial charge in [-0.25, -0.2) is 4.79 Å². The highest BCUT2D eigenvalue weighted by Gasteiger charge is 2.30. The van der Waals surface area contributed by atoms with Gasteiger partial charge in [0, 0.05) is 32.2 Å². The van der Waals surface area contributed by atoms with E-state index in [1.807, 2.05) is 0 Å². The quantitative estimate of drug-likeness (QED) is 0.899. The fourth-order valence-electron chi connectivity index (χ4n) is 2.31. The molecule has 1 aliphatic heterocycles. The van der Waals surface area contributed by atoms with Crippen LogP contribution in [0.15, 0.2) is 24.3 Å². The number of carbonyl (C=O) groups excluding carboxylic acids is 1. The van der Waals surface area contributed by atoms with Crippen LogP contribution >= 0.6 is 0 Å². The van der Waals surface area contributed by atoms with Gasteiger partial charge in [0.05, 0.1) is 5.56 Å². The number of benzene rings is 1. The van der Waals surface area contributed by atoms with Crippen molar-refractivity contribution in [3.63, 3.8) is 0 Å². The fraction of sp³-hybridized carbons (Fsp3) is 0.500. The molecule has 0 aromatic heterocycles. The molecule has 1 unspecified atom stereocenters. The molecule has 4 nitrogen and oxygen atoms in total. The summed E-state index contributed by atoms with van der Waals surface area (Å²) in [7, 11) is 0. The summed E-state index contributed by atoms with van der Waals surface area (Å²) in [6.45, 7) is 1.12. The lowest BCUT2D eigenvalue weighted by Crippen LogP contribution is -2.38. The predicted octanol–water partition coefficient (Wildman–Crippen LogP) is 2.23. The van der Waals surface area contributed by atoms with E-state index in [1.165, 1.54) is 12.1 Å². The number of hydrogen-bond acceptors (Lipinski definition) is 2. The van der Waals surface area contributed by atoms with E-state index in [-0.39, 0.29) is 25.1 Å². The number of nitrogens with zero attached hydrogens (tertiary/aromatic N) is 1. The van der Waals surface area contributed by atoms with Crippen LogP contribution in [0.1, 0.15) is 17.5 Å². The first-order chi connectivity index (χ1) is 9.90. The van der Waals surface area contributed by atoms with Gasteiger partial charge in [-0.05, 0) is 24.1 Å². The average molecular weight is 302 g/mol. The summed E-state index contributed by atoms with van der Waals surface area (Å²) in [5, 5.41) is 11.6. The third kappa shape index (κ3) is 4.10. The van der Waals surface area contributed by atoms with Gasteiger partial charge in [-0.1, -0.05) is 12.1 Å². The van der Waals surface area contributed by atoms with E-state index in [1.54, 1.807) is 4.90 Å². The van der Waals surface area contributed by atoms with E-state index in [0.717, 1.165) is 18.6 Å². The average Bonchev–Trinajstić information content (AvgIpc) is 2.93. The van der Waals surface area contributed by atoms with Crippen LogP contribution in [0.25, 0.3) is 0 Å². The second-order valence-electron chi connectivity index (χ2n) is 5.14. The third-order valence-electron chi connectivity index (χ3n) is 3.53. The Morgan fingerprint density at radius 2 is 2.19 bits per heavy atom. The minimum Gasteiger partial charge on any atom is -0.396 e. The highest BCUT2D eigenvalue weighted by atomic mass is 19.4. The van der Waals surface area contributed by atoms with Gasteiger partial charge in [0.15, 0.2) is 0 Å². The molecule has 1 aliphatic rings. The van der Waals surface area contributed by atoms with Crippen molar-refractivity contribution in [2.45, 2.75) is 19.1 Å². The topological polar surface area (TPSA) is 52.6 Å². The van der Waals surface area contributed by atoms with Crippen LogP contribution in [0.5, 0.6) is 0 Å². The minimum absolute atomic E-state index is 0.0391. The van der Waals surface area contributed by atoms with E-state index in [2.05, 4.69) is 5.32 Å². The van der Waals surface area contributed by atoms with Crippen molar-refractivity contribution in [3.8, 4) is 0 Å². The molecule has 1 fully saturated rings. The third-order valence-corrected chi connectivity index (χ3v) is 3.53. The number of hydrogen-bond donors (Lipinski definition) is 2. The number of likely N-dealkylation sites (tertiary alicyclic amines) is 1. The fourth-order valence-corrected chi connectivity index (χ4v) is 2.31. The van der Waals surface area contributed by atoms with Crippen molar-refractivity contribution >= 4 is 6.03 Å². The Bertz CT molecular complexity index is 505. The molecule has 2 amide bonds. The van der Waals surface area contributed by atoms with Gasteiger partial charge in [-0.3, -0.25) is 0 Å². The Balaban J connectivity index is 1.90. The molecule has 7 heteroatoms. The molecule has 1 heterocycles. The van der Waals surface area contributed by atoms with Gasteiger partial charge in [-0.15, -0.1) is 0 Å². The molecular formula is C14H17F3N2O2. The van der Waals surface area contributed by atoms with Crippen LogP contribution in [0, 0.1) is 5.92 Å². The summed E-state index contributed by atoms with van der Waals surface area (Å²) in [5.74, 6) is 0.0873. The number of alkyl halides is 3. The highest BCUT2D eigenvalue weighted by Crippen LogP contribution is 2.29. The zero-order chi connectivity index (χ0) is 15.5. The van der Waals surface area contributed by atoms with E-state index >= 15 is 0 Å². The second kappa shape index (κ2) is 6.34. The van der Waals surface area contributed by atoms with Crippen LogP contribution in [0.3, 0.4) is 0 Å². The van der Waals surface area contributed by atoms with Gasteiger partial charge >= 0.3 is 12.2 Å². The zero-order valence-electron chi connectivity index (χ0n) is 11.4. The summed E-state index contributed by atoms with van der Waals surface area (Å²) < 4.78 is 37.7. The molecule has 1 atom stereocenters. The maximum atomic E-state index is 12.6. The molecule has 0 radical (unpaired) electrons. The number of aliphatic hydroxyl groups is 1. The van der Waals surface area contributed by atoms with Crippen molar-refractivity contribution in [1.82, 2.24) is 10.2 Å². The largest absolute Gasteiger partial charge is 0.416 e. The molecule has 1 saturated heterocycles. The van der Waals surface area contributed by atoms with Crippen LogP contribution in [0.2, 0.25) is 0 Å². The second-order valence-corrected chi connectivity index (χ2v) is 5.14. The molecule has 2 rings (SSSR count). The van der Waals surface area contributed by atoms with Gasteiger partial charge < -0.3 is 15.3 Å². The van der Waals surface area contributed by atoms with E-state index in [9.17, 15) is 18.0 Å². The maximum absolute atomic E-state index is 12.6. The Labute approximate surface area is 120 Å². The summed E-state index contributed by atoms with van der Waals surface area (Å²) in [4.78, 5) is 13.4. The van der Waals surface area contributed by atoms with Crippen molar-refractivity contribution < 1.29 is 23.1 Å². The van der Waals surface area contributed by atoms with Crippen molar-refractivity contribution in [3.05, 3.63) is 35.4 Å². The number of nitrogens with one attached hydrogen (secondary N) is 1. The van der Waals surface area contributed by atoms with Gasteiger partial charge in [-0.2, -0.15) is 13.2 Å². The lowest BCUT2D eigenvalue weighted by Gasteiger charge is -2.17. The van der Waals surface area contributed by atoms with Crippen LogP contribution in [-0.4, -0.2) is 35.7 Å². The first-order valence-corrected chi connectivity index (χ1v) is 6.70. The minimum atomic E-state index is -4.39. The van der Waals surface area contributed by atoms with Crippen LogP contribution < -0.4 is 5.32 Å². The number of halogens is 3. The number of urea groups is 1. The summed E-state index contributed by atoms with van der Waals surface area (Å²) in [5.41, 5.74) is -0.327. The number of rotatable bonds is 3. The lowest BCUT2D eigenvalue weighted by atomic mass is 10.1. The normalized spacial score (nSPS) is 18.9. The van der Waals surface area contributed by atoms with Gasteiger partial charge in [0.1, 0.15) is 0 Å². The Kier molecular flexibility index (Phi) is 4.72. The van der Waals surface area contributed by atoms with Crippen molar-refractivity contribution in [1.29, 1.82) is 0 Å². The van der Waals surface area contributed by atoms with Gasteiger partial charge in [0.2, 0.25) is 0 Å². The Morgan fingerprint density at radius 3 is 2.81 bits per heavy atom. The number of amides is 2. The molecule has 1 aromatic rings. The van der Waals surface area contributed by atoms with Crippen LogP contribution in [0.4, 0.5) is 18.0 Å². The molecule has 21 heavy (non-hydrogen) atoms. The summed E-state index contributed by atoms with van der Waals surface area (Å²) in [6.07, 6.45) is -3.64. The maximum Gasteiger partial charge on any atom is 0.416 e. The molecule has 2 N–H and O–H groups in total. The standard InChI is InChI=1S/C14H17F3N2O2/c15-14(16,17)12-3-1-2-10(6-12)7-18-13(21)19-5-4-11(8-19)9-20/h1-3,6,11,20H,4-5,7-9H2,(H,18,21). The van der Waals surface area contributed by atoms with E-state index in [0.29, 0.717) is 18.7 Å². The molecule has 0 bridgehead atoms. The number of aliphatic hydroxyl groups excluding tert-OH is 1. The first-order valence-electron chi connectivity index (χ1n) is 6.70. The zero-order valence-corrected chi connectivity index (χ0v) is 11.4. The van der Waals surface area contributed by atoms with Gasteiger partial charge in [0.25, 0.3) is 0 Å². The van der Waals surface area contributed by atoms with Crippen molar-refractivity contribution in [2.24, 2.45) is 5.92 Å². The SMILES string of the molecule is O=C(NCc1cccc(C(F)(F)F)c1)N1CCC(CO)C1. The molecular weight excluding hydrogens is 285 g/mol. The van der Waals surface area contributed by atoms with Crippen LogP contribution in [-0.2, 0) is 12.7 Å². The first kappa shape index (κ1) is 15.6. The molecule has 0 saturated carbocycles. The molecule has 0 aliphatic carbocycles. The lowest BCUT2D eigenvalue weighted by molar-refractivity contribution is -0.137. The summed E-state index contributed by atoms with van der Waals surface area (Å²) >= 11 is 0. The molecule has 1 aromatic carbocycles. The Hall–Kier alpha value is -1.76. The molecule has 116 valence electrons.